The summed E-state index contributed by atoms with van der Waals surface area (Å²) in [5.41, 5.74) is 8.57. The van der Waals surface area contributed by atoms with Crippen LogP contribution < -0.4 is 5.73 Å². The van der Waals surface area contributed by atoms with Gasteiger partial charge in [0.2, 0.25) is 0 Å². The standard InChI is InChI=1S/C23H36N2O2/c1-14-11-17-18-5-6-21(26)23(18,4)10-8-19(17)22(3)9-7-16(12-20(14)22)25-27-13-15(2)24/h15,17-20H,1,5-13,24H2,2-4H3/t15?,17-,18-,19-,20+,22+,23-/m0/s1. The summed E-state index contributed by atoms with van der Waals surface area (Å²) in [6.45, 7) is 11.7. The number of carbonyl (C=O) groups is 1. The highest BCUT2D eigenvalue weighted by atomic mass is 16.6. The van der Waals surface area contributed by atoms with Crippen molar-refractivity contribution in [3.05, 3.63) is 12.2 Å². The number of nitrogens with two attached hydrogens (primary N) is 1. The minimum atomic E-state index is -0.0569. The van der Waals surface area contributed by atoms with Gasteiger partial charge in [-0.2, -0.15) is 0 Å². The summed E-state index contributed by atoms with van der Waals surface area (Å²) in [7, 11) is 0. The Morgan fingerprint density at radius 1 is 1.22 bits per heavy atom. The molecule has 2 N–H and O–H groups in total. The van der Waals surface area contributed by atoms with Crippen LogP contribution in [0.1, 0.15) is 72.1 Å². The summed E-state index contributed by atoms with van der Waals surface area (Å²) in [5.74, 6) is 2.97. The second-order valence-corrected chi connectivity index (χ2v) is 10.4. The van der Waals surface area contributed by atoms with Gasteiger partial charge < -0.3 is 10.6 Å². The number of allylic oxidation sites excluding steroid dienone is 1. The molecule has 0 aliphatic heterocycles. The van der Waals surface area contributed by atoms with Crippen molar-refractivity contribution in [2.75, 3.05) is 6.61 Å². The van der Waals surface area contributed by atoms with Gasteiger partial charge in [-0.3, -0.25) is 4.79 Å². The lowest BCUT2D eigenvalue weighted by atomic mass is 9.44. The third-order valence-electron chi connectivity index (χ3n) is 8.70. The first-order chi connectivity index (χ1) is 12.8. The average Bonchev–Trinajstić information content (AvgIpc) is 2.91. The van der Waals surface area contributed by atoms with Gasteiger partial charge in [0.25, 0.3) is 0 Å². The number of carbonyl (C=O) groups excluding carboxylic acids is 1. The predicted octanol–water partition coefficient (Wildman–Crippen LogP) is 4.48. The molecule has 4 fully saturated rings. The number of nitrogens with zero attached hydrogens (tertiary/aromatic N) is 1. The molecule has 7 atom stereocenters. The molecular weight excluding hydrogens is 336 g/mol. The Balaban J connectivity index is 1.54. The van der Waals surface area contributed by atoms with E-state index in [1.807, 2.05) is 6.92 Å². The van der Waals surface area contributed by atoms with Crippen molar-refractivity contribution in [2.45, 2.75) is 78.2 Å². The molecule has 0 amide bonds. The van der Waals surface area contributed by atoms with Crippen molar-refractivity contribution in [1.82, 2.24) is 0 Å². The molecule has 4 rings (SSSR count). The van der Waals surface area contributed by atoms with Crippen LogP contribution in [0.25, 0.3) is 0 Å². The van der Waals surface area contributed by atoms with Gasteiger partial charge in [0.05, 0.1) is 5.71 Å². The van der Waals surface area contributed by atoms with E-state index in [2.05, 4.69) is 25.6 Å². The molecule has 150 valence electrons. The highest BCUT2D eigenvalue weighted by Crippen LogP contribution is 2.66. The number of hydrogen-bond donors (Lipinski definition) is 1. The molecule has 0 aromatic heterocycles. The summed E-state index contributed by atoms with van der Waals surface area (Å²) in [6, 6.07) is 0.0132. The van der Waals surface area contributed by atoms with E-state index in [9.17, 15) is 4.79 Å². The Morgan fingerprint density at radius 3 is 2.74 bits per heavy atom. The van der Waals surface area contributed by atoms with Crippen molar-refractivity contribution >= 4 is 11.5 Å². The smallest absolute Gasteiger partial charge is 0.139 e. The van der Waals surface area contributed by atoms with Crippen LogP contribution in [0, 0.1) is 34.5 Å². The maximum atomic E-state index is 12.6. The zero-order valence-electron chi connectivity index (χ0n) is 17.3. The zero-order valence-corrected chi connectivity index (χ0v) is 17.3. The van der Waals surface area contributed by atoms with Gasteiger partial charge >= 0.3 is 0 Å². The van der Waals surface area contributed by atoms with Crippen molar-refractivity contribution < 1.29 is 9.63 Å². The van der Waals surface area contributed by atoms with E-state index in [0.717, 1.165) is 50.9 Å². The topological polar surface area (TPSA) is 64.7 Å². The van der Waals surface area contributed by atoms with E-state index in [-0.39, 0.29) is 11.5 Å². The number of oxime groups is 1. The van der Waals surface area contributed by atoms with Gasteiger partial charge in [0.15, 0.2) is 0 Å². The van der Waals surface area contributed by atoms with Gasteiger partial charge in [-0.25, -0.2) is 0 Å². The van der Waals surface area contributed by atoms with Crippen molar-refractivity contribution in [2.24, 2.45) is 45.4 Å². The molecule has 1 unspecified atom stereocenters. The molecule has 0 radical (unpaired) electrons. The maximum Gasteiger partial charge on any atom is 0.139 e. The highest BCUT2D eigenvalue weighted by Gasteiger charge is 2.60. The second-order valence-electron chi connectivity index (χ2n) is 10.4. The van der Waals surface area contributed by atoms with E-state index in [1.165, 1.54) is 17.7 Å². The number of ketones is 1. The first kappa shape index (κ1) is 19.2. The molecule has 0 bridgehead atoms. The van der Waals surface area contributed by atoms with Crippen LogP contribution in [0.15, 0.2) is 17.3 Å². The maximum absolute atomic E-state index is 12.6. The summed E-state index contributed by atoms with van der Waals surface area (Å²) >= 11 is 0. The third kappa shape index (κ3) is 2.99. The molecule has 4 aliphatic carbocycles. The van der Waals surface area contributed by atoms with E-state index < -0.39 is 0 Å². The molecule has 4 heteroatoms. The molecular formula is C23H36N2O2. The molecule has 0 heterocycles. The minimum absolute atomic E-state index is 0.0132. The van der Waals surface area contributed by atoms with Crippen LogP contribution in [-0.2, 0) is 9.63 Å². The summed E-state index contributed by atoms with van der Waals surface area (Å²) in [5, 5.41) is 4.41. The number of Topliss-reactive ketones (excluding diaryl/α,β-unsaturated/α-hetero) is 1. The van der Waals surface area contributed by atoms with Crippen molar-refractivity contribution in [1.29, 1.82) is 0 Å². The molecule has 4 saturated carbocycles. The van der Waals surface area contributed by atoms with Crippen LogP contribution in [0.4, 0.5) is 0 Å². The fourth-order valence-electron chi connectivity index (χ4n) is 7.15. The SMILES string of the molecule is C=C1C[C@@H]2[C@H](CC[C@]3(C)C(=O)CC[C@@H]23)[C@@]2(C)CCC(=NOCC(C)N)C[C@H]12. The lowest BCUT2D eigenvalue weighted by molar-refractivity contribution is -0.134. The molecule has 0 spiro atoms. The Morgan fingerprint density at radius 2 is 2.00 bits per heavy atom. The number of hydrogen-bond acceptors (Lipinski definition) is 4. The van der Waals surface area contributed by atoms with E-state index in [1.54, 1.807) is 0 Å². The summed E-state index contributed by atoms with van der Waals surface area (Å²) < 4.78 is 0. The van der Waals surface area contributed by atoms with Gasteiger partial charge in [-0.15, -0.1) is 0 Å². The largest absolute Gasteiger partial charge is 0.394 e. The Hall–Kier alpha value is -1.16. The van der Waals surface area contributed by atoms with Crippen molar-refractivity contribution in [3.63, 3.8) is 0 Å². The Labute approximate surface area is 164 Å². The summed E-state index contributed by atoms with van der Waals surface area (Å²) in [6.07, 6.45) is 8.46. The van der Waals surface area contributed by atoms with Crippen LogP contribution in [0.2, 0.25) is 0 Å². The number of fused-ring (bicyclic) bond motifs is 5. The molecule has 0 aromatic rings. The van der Waals surface area contributed by atoms with Gasteiger partial charge in [-0.1, -0.05) is 31.2 Å². The van der Waals surface area contributed by atoms with E-state index >= 15 is 0 Å². The molecule has 0 saturated heterocycles. The first-order valence-electron chi connectivity index (χ1n) is 10.9. The molecule has 4 aliphatic rings. The Bertz CT molecular complexity index is 669. The third-order valence-corrected chi connectivity index (χ3v) is 8.70. The van der Waals surface area contributed by atoms with Crippen LogP contribution in [-0.4, -0.2) is 24.1 Å². The lowest BCUT2D eigenvalue weighted by Gasteiger charge is -2.60. The molecule has 0 aromatic carbocycles. The van der Waals surface area contributed by atoms with Crippen molar-refractivity contribution in [3.8, 4) is 0 Å². The Kier molecular flexibility index (Phi) is 4.77. The average molecular weight is 373 g/mol. The molecule has 27 heavy (non-hydrogen) atoms. The van der Waals surface area contributed by atoms with Crippen LogP contribution in [0.5, 0.6) is 0 Å². The quantitative estimate of drug-likeness (QED) is 0.586. The van der Waals surface area contributed by atoms with Crippen LogP contribution >= 0.6 is 0 Å². The number of rotatable bonds is 3. The minimum Gasteiger partial charge on any atom is -0.394 e. The van der Waals surface area contributed by atoms with E-state index in [0.29, 0.717) is 35.6 Å². The highest BCUT2D eigenvalue weighted by molar-refractivity contribution is 5.87. The van der Waals surface area contributed by atoms with E-state index in [4.69, 9.17) is 10.6 Å². The second kappa shape index (κ2) is 6.72. The predicted molar refractivity (Wildman–Crippen MR) is 108 cm³/mol. The van der Waals surface area contributed by atoms with Gasteiger partial charge in [0, 0.05) is 17.9 Å². The lowest BCUT2D eigenvalue weighted by Crippen LogP contribution is -2.54. The van der Waals surface area contributed by atoms with Gasteiger partial charge in [-0.05, 0) is 81.0 Å². The fraction of sp³-hybridized carbons (Fsp3) is 0.826. The van der Waals surface area contributed by atoms with Gasteiger partial charge in [0.1, 0.15) is 12.4 Å². The normalized spacial score (nSPS) is 46.6. The monoisotopic (exact) mass is 372 g/mol. The summed E-state index contributed by atoms with van der Waals surface area (Å²) in [4.78, 5) is 18.0. The van der Waals surface area contributed by atoms with Crippen LogP contribution in [0.3, 0.4) is 0 Å². The zero-order chi connectivity index (χ0) is 19.4. The molecule has 4 nitrogen and oxygen atoms in total. The fourth-order valence-corrected chi connectivity index (χ4v) is 7.15. The first-order valence-corrected chi connectivity index (χ1v) is 10.9.